The summed E-state index contributed by atoms with van der Waals surface area (Å²) in [4.78, 5) is 2.33. The van der Waals surface area contributed by atoms with Crippen LogP contribution in [0.2, 0.25) is 0 Å². The molecule has 1 unspecified atom stereocenters. The Morgan fingerprint density at radius 3 is 2.53 bits per heavy atom. The van der Waals surface area contributed by atoms with Crippen molar-refractivity contribution in [3.05, 3.63) is 35.9 Å². The summed E-state index contributed by atoms with van der Waals surface area (Å²) in [5.41, 5.74) is 1.44. The Labute approximate surface area is 106 Å². The third kappa shape index (κ3) is 5.85. The van der Waals surface area contributed by atoms with Crippen LogP contribution in [0.4, 0.5) is 0 Å². The Morgan fingerprint density at radius 2 is 1.88 bits per heavy atom. The van der Waals surface area contributed by atoms with E-state index in [1.54, 1.807) is 0 Å². The maximum Gasteiger partial charge on any atom is 0.0104 e. The molecule has 0 aliphatic heterocycles. The molecule has 0 aliphatic rings. The van der Waals surface area contributed by atoms with E-state index in [1.807, 2.05) is 0 Å². The summed E-state index contributed by atoms with van der Waals surface area (Å²) in [6, 6.07) is 10.8. The summed E-state index contributed by atoms with van der Waals surface area (Å²) in [6.45, 7) is 8.95. The molecule has 1 N–H and O–H groups in total. The first-order chi connectivity index (χ1) is 8.24. The summed E-state index contributed by atoms with van der Waals surface area (Å²) in [7, 11) is 2.16. The fourth-order valence-corrected chi connectivity index (χ4v) is 1.82. The van der Waals surface area contributed by atoms with Crippen LogP contribution in [0.3, 0.4) is 0 Å². The van der Waals surface area contributed by atoms with Crippen LogP contribution in [0.1, 0.15) is 31.7 Å². The minimum Gasteiger partial charge on any atom is -0.315 e. The molecule has 0 spiro atoms. The number of likely N-dealkylation sites (N-methyl/N-ethyl adjacent to an activating group) is 1. The molecule has 0 amide bonds. The van der Waals surface area contributed by atoms with Crippen molar-refractivity contribution < 1.29 is 0 Å². The molecule has 0 aliphatic carbocycles. The molecule has 96 valence electrons. The Balaban J connectivity index is 2.11. The molecule has 1 aromatic carbocycles. The zero-order chi connectivity index (χ0) is 12.5. The van der Waals surface area contributed by atoms with Crippen molar-refractivity contribution in [1.82, 2.24) is 10.2 Å². The van der Waals surface area contributed by atoms with Crippen LogP contribution >= 0.6 is 0 Å². The Hall–Kier alpha value is -0.860. The van der Waals surface area contributed by atoms with Crippen molar-refractivity contribution in [3.8, 4) is 0 Å². The number of nitrogens with zero attached hydrogens (tertiary/aromatic N) is 1. The van der Waals surface area contributed by atoms with E-state index in [9.17, 15) is 0 Å². The van der Waals surface area contributed by atoms with Gasteiger partial charge in [0.25, 0.3) is 0 Å². The van der Waals surface area contributed by atoms with Crippen molar-refractivity contribution in [2.24, 2.45) is 0 Å². The summed E-state index contributed by atoms with van der Waals surface area (Å²) < 4.78 is 0. The maximum atomic E-state index is 3.51. The molecule has 0 radical (unpaired) electrons. The van der Waals surface area contributed by atoms with Crippen molar-refractivity contribution >= 4 is 0 Å². The molecular weight excluding hydrogens is 208 g/mol. The smallest absolute Gasteiger partial charge is 0.0104 e. The van der Waals surface area contributed by atoms with Gasteiger partial charge in [0.1, 0.15) is 0 Å². The third-order valence-electron chi connectivity index (χ3n) is 3.33. The summed E-state index contributed by atoms with van der Waals surface area (Å²) in [5, 5.41) is 3.51. The van der Waals surface area contributed by atoms with E-state index in [0.29, 0.717) is 5.92 Å². The van der Waals surface area contributed by atoms with Gasteiger partial charge in [-0.3, -0.25) is 0 Å². The molecule has 1 atom stereocenters. The number of benzene rings is 1. The molecule has 2 heteroatoms. The number of nitrogens with one attached hydrogen (secondary N) is 1. The van der Waals surface area contributed by atoms with Crippen LogP contribution in [0, 0.1) is 0 Å². The SMILES string of the molecule is CCN(C)CCNCCC(C)c1ccccc1. The first-order valence-electron chi connectivity index (χ1n) is 6.68. The first-order valence-corrected chi connectivity index (χ1v) is 6.68. The normalized spacial score (nSPS) is 12.9. The van der Waals surface area contributed by atoms with Crippen LogP contribution in [-0.2, 0) is 0 Å². The van der Waals surface area contributed by atoms with Gasteiger partial charge in [-0.15, -0.1) is 0 Å². The highest BCUT2D eigenvalue weighted by Crippen LogP contribution is 2.17. The largest absolute Gasteiger partial charge is 0.315 e. The standard InChI is InChI=1S/C15H26N2/c1-4-17(3)13-12-16-11-10-14(2)15-8-6-5-7-9-15/h5-9,14,16H,4,10-13H2,1-3H3. The maximum absolute atomic E-state index is 3.51. The highest BCUT2D eigenvalue weighted by Gasteiger charge is 2.03. The van der Waals surface area contributed by atoms with Gasteiger partial charge >= 0.3 is 0 Å². The molecule has 1 rings (SSSR count). The third-order valence-corrected chi connectivity index (χ3v) is 3.33. The van der Waals surface area contributed by atoms with Crippen molar-refractivity contribution in [2.45, 2.75) is 26.2 Å². The summed E-state index contributed by atoms with van der Waals surface area (Å²) >= 11 is 0. The highest BCUT2D eigenvalue weighted by atomic mass is 15.1. The van der Waals surface area contributed by atoms with Crippen molar-refractivity contribution in [1.29, 1.82) is 0 Å². The van der Waals surface area contributed by atoms with Gasteiger partial charge in [0.15, 0.2) is 0 Å². The first kappa shape index (κ1) is 14.2. The van der Waals surface area contributed by atoms with Crippen molar-refractivity contribution in [3.63, 3.8) is 0 Å². The lowest BCUT2D eigenvalue weighted by Gasteiger charge is -2.15. The molecule has 0 fully saturated rings. The molecule has 0 saturated carbocycles. The van der Waals surface area contributed by atoms with Crippen LogP contribution < -0.4 is 5.32 Å². The van der Waals surface area contributed by atoms with Gasteiger partial charge in [-0.25, -0.2) is 0 Å². The Kier molecular flexibility index (Phi) is 6.90. The van der Waals surface area contributed by atoms with E-state index in [2.05, 4.69) is 61.4 Å². The lowest BCUT2D eigenvalue weighted by atomic mass is 9.98. The molecule has 0 saturated heterocycles. The summed E-state index contributed by atoms with van der Waals surface area (Å²) in [5.74, 6) is 0.646. The quantitative estimate of drug-likeness (QED) is 0.696. The second kappa shape index (κ2) is 8.26. The minimum absolute atomic E-state index is 0.646. The van der Waals surface area contributed by atoms with Gasteiger partial charge in [-0.05, 0) is 38.0 Å². The predicted octanol–water partition coefficient (Wildman–Crippen LogP) is 2.72. The minimum atomic E-state index is 0.646. The molecular formula is C15H26N2. The van der Waals surface area contributed by atoms with E-state index in [0.717, 1.165) is 26.2 Å². The van der Waals surface area contributed by atoms with Gasteiger partial charge in [0, 0.05) is 13.1 Å². The van der Waals surface area contributed by atoms with Crippen molar-refractivity contribution in [2.75, 3.05) is 33.2 Å². The van der Waals surface area contributed by atoms with E-state index in [4.69, 9.17) is 0 Å². The lowest BCUT2D eigenvalue weighted by Crippen LogP contribution is -2.29. The average Bonchev–Trinajstić information content (AvgIpc) is 2.38. The molecule has 2 nitrogen and oxygen atoms in total. The number of rotatable bonds is 8. The van der Waals surface area contributed by atoms with Gasteiger partial charge in [0.05, 0.1) is 0 Å². The molecule has 0 heterocycles. The van der Waals surface area contributed by atoms with Crippen LogP contribution in [0.5, 0.6) is 0 Å². The van der Waals surface area contributed by atoms with E-state index >= 15 is 0 Å². The number of hydrogen-bond acceptors (Lipinski definition) is 2. The predicted molar refractivity (Wildman–Crippen MR) is 75.5 cm³/mol. The van der Waals surface area contributed by atoms with E-state index in [-0.39, 0.29) is 0 Å². The van der Waals surface area contributed by atoms with Gasteiger partial charge in [-0.2, -0.15) is 0 Å². The average molecular weight is 234 g/mol. The topological polar surface area (TPSA) is 15.3 Å². The van der Waals surface area contributed by atoms with Gasteiger partial charge < -0.3 is 10.2 Å². The Bertz CT molecular complexity index is 284. The van der Waals surface area contributed by atoms with Gasteiger partial charge in [0.2, 0.25) is 0 Å². The molecule has 1 aromatic rings. The second-order valence-corrected chi connectivity index (χ2v) is 4.75. The molecule has 0 bridgehead atoms. The monoisotopic (exact) mass is 234 g/mol. The van der Waals surface area contributed by atoms with Crippen LogP contribution in [0.15, 0.2) is 30.3 Å². The van der Waals surface area contributed by atoms with E-state index < -0.39 is 0 Å². The molecule has 17 heavy (non-hydrogen) atoms. The van der Waals surface area contributed by atoms with Crippen LogP contribution in [-0.4, -0.2) is 38.1 Å². The second-order valence-electron chi connectivity index (χ2n) is 4.75. The molecule has 0 aromatic heterocycles. The fourth-order valence-electron chi connectivity index (χ4n) is 1.82. The number of hydrogen-bond donors (Lipinski definition) is 1. The summed E-state index contributed by atoms with van der Waals surface area (Å²) in [6.07, 6.45) is 1.21. The fraction of sp³-hybridized carbons (Fsp3) is 0.600. The van der Waals surface area contributed by atoms with Crippen LogP contribution in [0.25, 0.3) is 0 Å². The zero-order valence-corrected chi connectivity index (χ0v) is 11.4. The van der Waals surface area contributed by atoms with Gasteiger partial charge in [-0.1, -0.05) is 44.2 Å². The zero-order valence-electron chi connectivity index (χ0n) is 11.4. The van der Waals surface area contributed by atoms with E-state index in [1.165, 1.54) is 12.0 Å². The highest BCUT2D eigenvalue weighted by molar-refractivity contribution is 5.18. The Morgan fingerprint density at radius 1 is 1.18 bits per heavy atom. The lowest BCUT2D eigenvalue weighted by molar-refractivity contribution is 0.348.